The summed E-state index contributed by atoms with van der Waals surface area (Å²) in [5.74, 6) is 1.97. The predicted octanol–water partition coefficient (Wildman–Crippen LogP) is 1.52. The first-order chi connectivity index (χ1) is 4.92. The Bertz CT molecular complexity index is 222. The molecule has 0 radical (unpaired) electrons. The Labute approximate surface area is 67.2 Å². The van der Waals surface area contributed by atoms with Crippen LogP contribution in [0.1, 0.15) is 20.8 Å². The van der Waals surface area contributed by atoms with E-state index in [0.717, 1.165) is 0 Å². The van der Waals surface area contributed by atoms with Crippen LogP contribution in [0, 0.1) is 12.3 Å². The average molecular weight is 152 g/mol. The topological polar surface area (TPSA) is 26.3 Å². The van der Waals surface area contributed by atoms with Crippen molar-refractivity contribution in [2.45, 2.75) is 26.4 Å². The molecular weight excluding hydrogens is 140 g/mol. The number of hydrogen-bond donors (Lipinski definition) is 0. The summed E-state index contributed by atoms with van der Waals surface area (Å²) >= 11 is 0. The smallest absolute Gasteiger partial charge is 0.304 e. The van der Waals surface area contributed by atoms with Crippen LogP contribution in [0.15, 0.2) is 12.2 Å². The molecule has 0 saturated carbocycles. The van der Waals surface area contributed by atoms with Crippen molar-refractivity contribution in [3.05, 3.63) is 12.2 Å². The Morgan fingerprint density at radius 2 is 2.09 bits per heavy atom. The highest BCUT2D eigenvalue weighted by Crippen LogP contribution is 2.18. The minimum atomic E-state index is -0.953. The van der Waals surface area contributed by atoms with Gasteiger partial charge in [-0.1, -0.05) is 12.5 Å². The molecule has 0 aliphatic rings. The molecule has 0 aliphatic carbocycles. The van der Waals surface area contributed by atoms with Crippen LogP contribution >= 0.6 is 0 Å². The third kappa shape index (κ3) is 2.46. The zero-order valence-corrected chi connectivity index (χ0v) is 7.10. The summed E-state index contributed by atoms with van der Waals surface area (Å²) in [6.45, 7) is 8.31. The molecule has 0 fully saturated rings. The molecule has 0 aromatic rings. The van der Waals surface area contributed by atoms with E-state index >= 15 is 0 Å². The first-order valence-corrected chi connectivity index (χ1v) is 3.25. The minimum Gasteiger partial charge on any atom is -0.442 e. The van der Waals surface area contributed by atoms with Crippen LogP contribution in [0.4, 0.5) is 0 Å². The monoisotopic (exact) mass is 152 g/mol. The second-order valence-electron chi connectivity index (χ2n) is 2.55. The molecule has 0 bridgehead atoms. The number of esters is 1. The van der Waals surface area contributed by atoms with Gasteiger partial charge in [0.25, 0.3) is 0 Å². The van der Waals surface area contributed by atoms with Crippen molar-refractivity contribution in [1.29, 1.82) is 0 Å². The van der Waals surface area contributed by atoms with Crippen LogP contribution < -0.4 is 0 Å². The van der Waals surface area contributed by atoms with Crippen LogP contribution in [0.2, 0.25) is 0 Å². The number of carbonyl (C=O) groups excluding carboxylic acids is 1. The quantitative estimate of drug-likeness (QED) is 0.340. The van der Waals surface area contributed by atoms with E-state index in [0.29, 0.717) is 5.57 Å². The Morgan fingerprint density at radius 3 is 2.18 bits per heavy atom. The number of ether oxygens (including phenoxy) is 1. The van der Waals surface area contributed by atoms with Gasteiger partial charge in [0.1, 0.15) is 0 Å². The second kappa shape index (κ2) is 3.25. The highest BCUT2D eigenvalue weighted by atomic mass is 16.6. The van der Waals surface area contributed by atoms with Gasteiger partial charge in [-0.2, -0.15) is 0 Å². The third-order valence-electron chi connectivity index (χ3n) is 1.44. The van der Waals surface area contributed by atoms with Crippen molar-refractivity contribution >= 4 is 5.97 Å². The molecule has 1 unspecified atom stereocenters. The third-order valence-corrected chi connectivity index (χ3v) is 1.44. The van der Waals surface area contributed by atoms with Crippen LogP contribution in [0.25, 0.3) is 0 Å². The van der Waals surface area contributed by atoms with E-state index in [-0.39, 0.29) is 0 Å². The van der Waals surface area contributed by atoms with Crippen molar-refractivity contribution in [2.24, 2.45) is 0 Å². The van der Waals surface area contributed by atoms with Crippen LogP contribution in [-0.2, 0) is 9.53 Å². The largest absolute Gasteiger partial charge is 0.442 e. The van der Waals surface area contributed by atoms with E-state index in [1.807, 2.05) is 0 Å². The van der Waals surface area contributed by atoms with Gasteiger partial charge in [-0.15, -0.1) is 6.42 Å². The fourth-order valence-corrected chi connectivity index (χ4v) is 0.527. The van der Waals surface area contributed by atoms with E-state index in [2.05, 4.69) is 12.5 Å². The van der Waals surface area contributed by atoms with Gasteiger partial charge in [-0.3, -0.25) is 4.79 Å². The Hall–Kier alpha value is -1.23. The van der Waals surface area contributed by atoms with Crippen LogP contribution in [0.5, 0.6) is 0 Å². The van der Waals surface area contributed by atoms with Gasteiger partial charge in [0.15, 0.2) is 5.60 Å². The zero-order valence-electron chi connectivity index (χ0n) is 7.10. The zero-order chi connectivity index (χ0) is 9.07. The maximum Gasteiger partial charge on any atom is 0.304 e. The molecule has 0 rings (SSSR count). The fourth-order valence-electron chi connectivity index (χ4n) is 0.527. The summed E-state index contributed by atoms with van der Waals surface area (Å²) in [6, 6.07) is 0. The van der Waals surface area contributed by atoms with Gasteiger partial charge in [-0.25, -0.2) is 0 Å². The molecule has 2 heteroatoms. The van der Waals surface area contributed by atoms with Crippen molar-refractivity contribution < 1.29 is 9.53 Å². The molecule has 60 valence electrons. The van der Waals surface area contributed by atoms with Crippen molar-refractivity contribution in [2.75, 3.05) is 0 Å². The van der Waals surface area contributed by atoms with E-state index in [4.69, 9.17) is 11.2 Å². The molecule has 0 aromatic carbocycles. The molecule has 0 N–H and O–H groups in total. The van der Waals surface area contributed by atoms with E-state index < -0.39 is 11.6 Å². The standard InChI is InChI=1S/C9H12O2/c1-6-9(5,7(2)3)11-8(4)10/h1H,2H2,3-5H3. The summed E-state index contributed by atoms with van der Waals surface area (Å²) in [5.41, 5.74) is -0.304. The minimum absolute atomic E-state index is 0.395. The lowest BCUT2D eigenvalue weighted by molar-refractivity contribution is -0.147. The fraction of sp³-hybridized carbons (Fsp3) is 0.444. The molecule has 0 saturated heterocycles. The highest BCUT2D eigenvalue weighted by Gasteiger charge is 2.25. The first-order valence-electron chi connectivity index (χ1n) is 3.25. The SMILES string of the molecule is C#CC(C)(OC(C)=O)C(=C)C. The summed E-state index contributed by atoms with van der Waals surface area (Å²) in [7, 11) is 0. The summed E-state index contributed by atoms with van der Waals surface area (Å²) in [4.78, 5) is 10.6. The molecular formula is C9H12O2. The second-order valence-corrected chi connectivity index (χ2v) is 2.55. The van der Waals surface area contributed by atoms with Gasteiger partial charge >= 0.3 is 5.97 Å². The van der Waals surface area contributed by atoms with Crippen LogP contribution in [0.3, 0.4) is 0 Å². The molecule has 0 spiro atoms. The number of carbonyl (C=O) groups is 1. The van der Waals surface area contributed by atoms with Crippen molar-refractivity contribution in [3.63, 3.8) is 0 Å². The number of terminal acetylenes is 1. The van der Waals surface area contributed by atoms with Gasteiger partial charge < -0.3 is 4.74 Å². The van der Waals surface area contributed by atoms with E-state index in [1.54, 1.807) is 13.8 Å². The van der Waals surface area contributed by atoms with Crippen molar-refractivity contribution in [3.8, 4) is 12.3 Å². The number of rotatable bonds is 2. The average Bonchev–Trinajstić information content (AvgIpc) is 1.86. The molecule has 0 aromatic heterocycles. The predicted molar refractivity (Wildman–Crippen MR) is 43.8 cm³/mol. The van der Waals surface area contributed by atoms with Crippen molar-refractivity contribution in [1.82, 2.24) is 0 Å². The number of hydrogen-bond acceptors (Lipinski definition) is 2. The molecule has 0 amide bonds. The Kier molecular flexibility index (Phi) is 2.88. The Balaban J connectivity index is 4.51. The molecule has 0 heterocycles. The summed E-state index contributed by atoms with van der Waals surface area (Å²) in [6.07, 6.45) is 5.17. The molecule has 2 nitrogen and oxygen atoms in total. The molecule has 11 heavy (non-hydrogen) atoms. The lowest BCUT2D eigenvalue weighted by Crippen LogP contribution is -2.29. The molecule has 1 atom stereocenters. The highest BCUT2D eigenvalue weighted by molar-refractivity contribution is 5.67. The van der Waals surface area contributed by atoms with E-state index in [9.17, 15) is 4.79 Å². The normalized spacial score (nSPS) is 14.4. The molecule has 0 aliphatic heterocycles. The maximum atomic E-state index is 10.6. The summed E-state index contributed by atoms with van der Waals surface area (Å²) < 4.78 is 4.87. The summed E-state index contributed by atoms with van der Waals surface area (Å²) in [5, 5.41) is 0. The lowest BCUT2D eigenvalue weighted by Gasteiger charge is -2.23. The van der Waals surface area contributed by atoms with Gasteiger partial charge in [0, 0.05) is 6.92 Å². The van der Waals surface area contributed by atoms with Gasteiger partial charge in [0.05, 0.1) is 0 Å². The first kappa shape index (κ1) is 9.77. The lowest BCUT2D eigenvalue weighted by atomic mass is 10.00. The van der Waals surface area contributed by atoms with Gasteiger partial charge in [-0.05, 0) is 19.4 Å². The van der Waals surface area contributed by atoms with Gasteiger partial charge in [0.2, 0.25) is 0 Å². The maximum absolute atomic E-state index is 10.6. The van der Waals surface area contributed by atoms with Crippen LogP contribution in [-0.4, -0.2) is 11.6 Å². The van der Waals surface area contributed by atoms with E-state index in [1.165, 1.54) is 6.92 Å². The Morgan fingerprint density at radius 1 is 1.64 bits per heavy atom.